The Hall–Kier alpha value is -3.25. The van der Waals surface area contributed by atoms with Crippen LogP contribution in [0.3, 0.4) is 0 Å². The van der Waals surface area contributed by atoms with Gasteiger partial charge in [0.05, 0.1) is 17.0 Å². The summed E-state index contributed by atoms with van der Waals surface area (Å²) in [5.74, 6) is 4.83. The first-order valence-corrected chi connectivity index (χ1v) is 12.8. The van der Waals surface area contributed by atoms with Crippen molar-refractivity contribution in [2.45, 2.75) is 49.7 Å². The van der Waals surface area contributed by atoms with E-state index in [1.54, 1.807) is 17.9 Å². The number of imidazole rings is 1. The second-order valence-corrected chi connectivity index (χ2v) is 11.0. The number of fused-ring (bicyclic) bond motifs is 1. The van der Waals surface area contributed by atoms with Gasteiger partial charge >= 0.3 is 0 Å². The van der Waals surface area contributed by atoms with Crippen molar-refractivity contribution in [1.82, 2.24) is 9.55 Å². The lowest BCUT2D eigenvalue weighted by atomic mass is 9.90. The molecule has 0 aliphatic heterocycles. The van der Waals surface area contributed by atoms with Gasteiger partial charge in [-0.25, -0.2) is 13.8 Å². The zero-order chi connectivity index (χ0) is 27.2. The number of aromatic nitrogens is 2. The van der Waals surface area contributed by atoms with Gasteiger partial charge in [0, 0.05) is 18.7 Å². The molecule has 0 bridgehead atoms. The number of nitrogens with zero attached hydrogens (tertiary/aromatic N) is 2. The molecule has 198 valence electrons. The predicted molar refractivity (Wildman–Crippen MR) is 139 cm³/mol. The van der Waals surface area contributed by atoms with E-state index in [1.165, 1.54) is 49.4 Å². The van der Waals surface area contributed by atoms with Crippen molar-refractivity contribution in [1.29, 1.82) is 0 Å². The van der Waals surface area contributed by atoms with Crippen molar-refractivity contribution < 1.29 is 23.8 Å². The predicted octanol–water partition coefficient (Wildman–Crippen LogP) is 5.15. The van der Waals surface area contributed by atoms with Crippen molar-refractivity contribution in [3.8, 4) is 11.8 Å². The van der Waals surface area contributed by atoms with Crippen molar-refractivity contribution in [2.75, 3.05) is 5.32 Å². The number of rotatable bonds is 4. The number of anilines is 1. The Kier molecular flexibility index (Phi) is 6.80. The Morgan fingerprint density at radius 2 is 1.84 bits per heavy atom. The Labute approximate surface area is 224 Å². The topological polar surface area (TPSA) is 87.4 Å². The molecule has 2 aliphatic rings. The summed E-state index contributed by atoms with van der Waals surface area (Å²) in [5, 5.41) is 24.7. The monoisotopic (exact) mass is 539 g/mol. The van der Waals surface area contributed by atoms with Gasteiger partial charge in [-0.15, -0.1) is 0 Å². The first-order valence-electron chi connectivity index (χ1n) is 12.5. The summed E-state index contributed by atoms with van der Waals surface area (Å²) >= 11 is 5.85. The number of aliphatic hydroxyl groups is 2. The lowest BCUT2D eigenvalue weighted by molar-refractivity contribution is 0.0933. The maximum Gasteiger partial charge on any atom is 0.274 e. The molecule has 0 radical (unpaired) electrons. The number of halogens is 3. The molecule has 2 aliphatic carbocycles. The molecule has 38 heavy (non-hydrogen) atoms. The van der Waals surface area contributed by atoms with E-state index >= 15 is 0 Å². The summed E-state index contributed by atoms with van der Waals surface area (Å²) in [4.78, 5) is 17.7. The Morgan fingerprint density at radius 3 is 2.47 bits per heavy atom. The van der Waals surface area contributed by atoms with E-state index in [9.17, 15) is 23.8 Å². The smallest absolute Gasteiger partial charge is 0.274 e. The molecule has 3 unspecified atom stereocenters. The molecule has 3 atom stereocenters. The van der Waals surface area contributed by atoms with Crippen molar-refractivity contribution in [3.05, 3.63) is 82.4 Å². The number of carbonyl (C=O) groups excluding carboxylic acids is 1. The van der Waals surface area contributed by atoms with Gasteiger partial charge in [0.1, 0.15) is 28.5 Å². The molecule has 9 heteroatoms. The summed E-state index contributed by atoms with van der Waals surface area (Å²) in [7, 11) is 1.75. The minimum Gasteiger partial charge on any atom is -0.378 e. The largest absolute Gasteiger partial charge is 0.378 e. The normalized spacial score (nSPS) is 25.8. The summed E-state index contributed by atoms with van der Waals surface area (Å²) in [6, 6.07) is 9.50. The standard InChI is InChI=1S/C29H28ClF2N3O3/c1-28(37,20-3-5-21(31)6-4-20)9-10-29(38)14-18-11-17(12-19(18)15-29)25-26(35(2)16-33-25)27(36)34-22-7-8-24(32)23(30)13-22/h3-8,13,16-19,37-38H,11-12,14-15H2,1-2H3,(H,34,36). The third-order valence-corrected chi connectivity index (χ3v) is 8.02. The van der Waals surface area contributed by atoms with E-state index in [2.05, 4.69) is 22.1 Å². The molecule has 2 fully saturated rings. The number of aryl methyl sites for hydroxylation is 1. The third kappa shape index (κ3) is 5.19. The summed E-state index contributed by atoms with van der Waals surface area (Å²) in [6.07, 6.45) is 4.03. The lowest BCUT2D eigenvalue weighted by Crippen LogP contribution is -2.26. The SMILES string of the molecule is Cn1cnc(C2CC3CC(O)(C#CC(C)(O)c4ccc(F)cc4)CC3C2)c1C(=O)Nc1ccc(F)c(Cl)c1. The van der Waals surface area contributed by atoms with Gasteiger partial charge in [-0.1, -0.05) is 35.6 Å². The molecule has 3 aromatic rings. The van der Waals surface area contributed by atoms with Gasteiger partial charge in [0.25, 0.3) is 5.91 Å². The van der Waals surface area contributed by atoms with Crippen molar-refractivity contribution in [2.24, 2.45) is 18.9 Å². The highest BCUT2D eigenvalue weighted by Crippen LogP contribution is 2.54. The molecule has 2 aromatic carbocycles. The fourth-order valence-electron chi connectivity index (χ4n) is 5.86. The van der Waals surface area contributed by atoms with Crippen molar-refractivity contribution >= 4 is 23.2 Å². The van der Waals surface area contributed by atoms with Crippen LogP contribution in [-0.4, -0.2) is 31.3 Å². The van der Waals surface area contributed by atoms with Crippen LogP contribution in [0.25, 0.3) is 0 Å². The van der Waals surface area contributed by atoms with Crippen LogP contribution in [0.5, 0.6) is 0 Å². The maximum absolute atomic E-state index is 13.5. The van der Waals surface area contributed by atoms with E-state index in [0.717, 1.165) is 12.8 Å². The van der Waals surface area contributed by atoms with Gasteiger partial charge in [-0.2, -0.15) is 0 Å². The highest BCUT2D eigenvalue weighted by atomic mass is 35.5. The van der Waals surface area contributed by atoms with E-state index in [0.29, 0.717) is 35.5 Å². The number of benzene rings is 2. The number of carbonyl (C=O) groups is 1. The van der Waals surface area contributed by atoms with Crippen LogP contribution in [0.4, 0.5) is 14.5 Å². The van der Waals surface area contributed by atoms with Crippen LogP contribution in [0.2, 0.25) is 5.02 Å². The molecule has 6 nitrogen and oxygen atoms in total. The second kappa shape index (κ2) is 9.81. The Balaban J connectivity index is 1.28. The average Bonchev–Trinajstić information content (AvgIpc) is 3.51. The van der Waals surface area contributed by atoms with Crippen LogP contribution >= 0.6 is 11.6 Å². The average molecular weight is 540 g/mol. The number of hydrogen-bond donors (Lipinski definition) is 3. The molecule has 1 aromatic heterocycles. The minimum atomic E-state index is -1.52. The molecule has 1 amide bonds. The van der Waals surface area contributed by atoms with Crippen LogP contribution in [-0.2, 0) is 12.6 Å². The molecule has 3 N–H and O–H groups in total. The Morgan fingerprint density at radius 1 is 1.18 bits per heavy atom. The van der Waals surface area contributed by atoms with E-state index in [1.807, 2.05) is 0 Å². The lowest BCUT2D eigenvalue weighted by Gasteiger charge is -2.21. The molecule has 5 rings (SSSR count). The number of nitrogens with one attached hydrogen (secondary N) is 1. The van der Waals surface area contributed by atoms with E-state index in [-0.39, 0.29) is 28.7 Å². The highest BCUT2D eigenvalue weighted by molar-refractivity contribution is 6.31. The molecule has 0 saturated heterocycles. The van der Waals surface area contributed by atoms with Crippen molar-refractivity contribution in [3.63, 3.8) is 0 Å². The quantitative estimate of drug-likeness (QED) is 0.400. The van der Waals surface area contributed by atoms with Gasteiger partial charge in [-0.05, 0) is 80.3 Å². The van der Waals surface area contributed by atoms with Gasteiger partial charge in [0.15, 0.2) is 0 Å². The molecule has 2 saturated carbocycles. The number of hydrogen-bond acceptors (Lipinski definition) is 4. The van der Waals surface area contributed by atoms with Gasteiger partial charge in [-0.3, -0.25) is 4.79 Å². The molecular formula is C29H28ClF2N3O3. The summed E-state index contributed by atoms with van der Waals surface area (Å²) in [5.41, 5.74) is -0.776. The molecule has 1 heterocycles. The van der Waals surface area contributed by atoms with E-state index < -0.39 is 22.8 Å². The molecule has 0 spiro atoms. The number of amides is 1. The van der Waals surface area contributed by atoms with Gasteiger partial charge < -0.3 is 20.1 Å². The summed E-state index contributed by atoms with van der Waals surface area (Å²) in [6.45, 7) is 1.52. The fraction of sp³-hybridized carbons (Fsp3) is 0.379. The van der Waals surface area contributed by atoms with Crippen LogP contribution in [0.15, 0.2) is 48.8 Å². The van der Waals surface area contributed by atoms with Crippen LogP contribution in [0, 0.1) is 35.3 Å². The zero-order valence-electron chi connectivity index (χ0n) is 21.0. The molecular weight excluding hydrogens is 512 g/mol. The van der Waals surface area contributed by atoms with Crippen LogP contribution < -0.4 is 5.32 Å². The minimum absolute atomic E-state index is 0.0450. The first-order chi connectivity index (χ1) is 17.9. The third-order valence-electron chi connectivity index (χ3n) is 7.73. The second-order valence-electron chi connectivity index (χ2n) is 10.6. The highest BCUT2D eigenvalue weighted by Gasteiger charge is 2.49. The van der Waals surface area contributed by atoms with Gasteiger partial charge in [0.2, 0.25) is 0 Å². The Bertz CT molecular complexity index is 1430. The maximum atomic E-state index is 13.5. The van der Waals surface area contributed by atoms with Crippen LogP contribution in [0.1, 0.15) is 60.3 Å². The van der Waals surface area contributed by atoms with E-state index in [4.69, 9.17) is 11.6 Å². The zero-order valence-corrected chi connectivity index (χ0v) is 21.8. The first kappa shape index (κ1) is 26.4. The fourth-order valence-corrected chi connectivity index (χ4v) is 6.04. The summed E-state index contributed by atoms with van der Waals surface area (Å²) < 4.78 is 28.4.